The first-order valence-corrected chi connectivity index (χ1v) is 9.19. The van der Waals surface area contributed by atoms with Gasteiger partial charge in [-0.15, -0.1) is 0 Å². The second kappa shape index (κ2) is 6.56. The molecule has 2 heterocycles. The van der Waals surface area contributed by atoms with E-state index in [2.05, 4.69) is 10.3 Å². The van der Waals surface area contributed by atoms with Crippen molar-refractivity contribution in [1.82, 2.24) is 10.3 Å². The Morgan fingerprint density at radius 1 is 1.20 bits per heavy atom. The number of sulfone groups is 1. The summed E-state index contributed by atoms with van der Waals surface area (Å²) in [6.45, 7) is 0. The van der Waals surface area contributed by atoms with E-state index in [0.717, 1.165) is 11.0 Å². The lowest BCUT2D eigenvalue weighted by atomic mass is 10.1. The molecule has 25 heavy (non-hydrogen) atoms. The van der Waals surface area contributed by atoms with Crippen LogP contribution in [0.1, 0.15) is 10.4 Å². The van der Waals surface area contributed by atoms with Crippen LogP contribution < -0.4 is 15.6 Å². The lowest BCUT2D eigenvalue weighted by molar-refractivity contribution is 0.0946. The molecule has 3 rings (SSSR count). The molecule has 1 aliphatic rings. The fraction of sp³-hybridized carbons (Fsp3) is 0.176. The van der Waals surface area contributed by atoms with Gasteiger partial charge in [-0.1, -0.05) is 0 Å². The predicted molar refractivity (Wildman–Crippen MR) is 93.2 cm³/mol. The van der Waals surface area contributed by atoms with Gasteiger partial charge in [0, 0.05) is 11.1 Å². The van der Waals surface area contributed by atoms with Crippen LogP contribution in [0.2, 0.25) is 0 Å². The van der Waals surface area contributed by atoms with E-state index in [1.54, 1.807) is 37.4 Å². The van der Waals surface area contributed by atoms with Gasteiger partial charge < -0.3 is 15.0 Å². The molecule has 7 nitrogen and oxygen atoms in total. The Labute approximate surface area is 144 Å². The zero-order valence-electron chi connectivity index (χ0n) is 13.4. The molecule has 0 unspecified atom stereocenters. The number of nitrogens with one attached hydrogen (secondary N) is 2. The number of hydrogen-bond acceptors (Lipinski definition) is 5. The SMILES string of the molecule is COc1ccc(-c2ccc(C(=O)N[C@H]3C=CS(=O)(=O)C3)c(=O)[nH]2)cc1. The third-order valence-electron chi connectivity index (χ3n) is 3.80. The van der Waals surface area contributed by atoms with Crippen LogP contribution in [0.3, 0.4) is 0 Å². The van der Waals surface area contributed by atoms with E-state index in [1.807, 2.05) is 0 Å². The Morgan fingerprint density at radius 2 is 1.92 bits per heavy atom. The molecular formula is C17H16N2O5S. The molecular weight excluding hydrogens is 344 g/mol. The molecule has 0 bridgehead atoms. The molecule has 1 amide bonds. The second-order valence-electron chi connectivity index (χ2n) is 5.58. The summed E-state index contributed by atoms with van der Waals surface area (Å²) in [5.41, 5.74) is 0.716. The van der Waals surface area contributed by atoms with Crippen LogP contribution in [0.15, 0.2) is 52.7 Å². The molecule has 0 spiro atoms. The number of H-pyrrole nitrogens is 1. The highest BCUT2D eigenvalue weighted by Gasteiger charge is 2.24. The highest BCUT2D eigenvalue weighted by Crippen LogP contribution is 2.19. The monoisotopic (exact) mass is 360 g/mol. The number of carbonyl (C=O) groups excluding carboxylic acids is 1. The van der Waals surface area contributed by atoms with Gasteiger partial charge in [0.25, 0.3) is 11.5 Å². The predicted octanol–water partition coefficient (Wildman–Crippen LogP) is 1.09. The normalized spacial score (nSPS) is 18.0. The van der Waals surface area contributed by atoms with Crippen molar-refractivity contribution in [2.24, 2.45) is 0 Å². The Morgan fingerprint density at radius 3 is 2.48 bits per heavy atom. The molecule has 1 atom stereocenters. The fourth-order valence-electron chi connectivity index (χ4n) is 2.50. The summed E-state index contributed by atoms with van der Waals surface area (Å²) < 4.78 is 27.8. The molecule has 1 aliphatic heterocycles. The van der Waals surface area contributed by atoms with Gasteiger partial charge >= 0.3 is 0 Å². The van der Waals surface area contributed by atoms with Crippen molar-refractivity contribution < 1.29 is 17.9 Å². The van der Waals surface area contributed by atoms with E-state index in [4.69, 9.17) is 4.74 Å². The van der Waals surface area contributed by atoms with Gasteiger partial charge in [0.1, 0.15) is 11.3 Å². The van der Waals surface area contributed by atoms with Crippen LogP contribution in [0.4, 0.5) is 0 Å². The smallest absolute Gasteiger partial charge is 0.261 e. The topological polar surface area (TPSA) is 105 Å². The van der Waals surface area contributed by atoms with Crippen molar-refractivity contribution >= 4 is 15.7 Å². The second-order valence-corrected chi connectivity index (χ2v) is 7.51. The third kappa shape index (κ3) is 3.80. The first-order chi connectivity index (χ1) is 11.9. The summed E-state index contributed by atoms with van der Waals surface area (Å²) in [6, 6.07) is 9.52. The standard InChI is InChI=1S/C17H16N2O5S/c1-24-13-4-2-11(3-5-13)15-7-6-14(17(21)19-15)16(20)18-12-8-9-25(22,23)10-12/h2-9,12H,10H2,1H3,(H,18,20)(H,19,21)/t12-/m0/s1. The van der Waals surface area contributed by atoms with E-state index >= 15 is 0 Å². The van der Waals surface area contributed by atoms with Gasteiger partial charge in [0.15, 0.2) is 9.84 Å². The van der Waals surface area contributed by atoms with E-state index in [1.165, 1.54) is 12.1 Å². The van der Waals surface area contributed by atoms with Gasteiger partial charge in [-0.2, -0.15) is 0 Å². The number of rotatable bonds is 4. The summed E-state index contributed by atoms with van der Waals surface area (Å²) in [5.74, 6) is -0.114. The lowest BCUT2D eigenvalue weighted by Gasteiger charge is -2.10. The van der Waals surface area contributed by atoms with Crippen LogP contribution in [-0.4, -0.2) is 38.2 Å². The summed E-state index contributed by atoms with van der Waals surface area (Å²) in [4.78, 5) is 27.0. The Kier molecular flexibility index (Phi) is 4.45. The molecule has 2 N–H and O–H groups in total. The van der Waals surface area contributed by atoms with Crippen LogP contribution in [0.25, 0.3) is 11.3 Å². The fourth-order valence-corrected chi connectivity index (χ4v) is 3.74. The minimum atomic E-state index is -3.27. The van der Waals surface area contributed by atoms with E-state index in [9.17, 15) is 18.0 Å². The van der Waals surface area contributed by atoms with Crippen molar-refractivity contribution in [3.05, 3.63) is 63.8 Å². The molecule has 8 heteroatoms. The summed E-state index contributed by atoms with van der Waals surface area (Å²) in [5, 5.41) is 3.59. The van der Waals surface area contributed by atoms with Crippen molar-refractivity contribution in [3.63, 3.8) is 0 Å². The summed E-state index contributed by atoms with van der Waals surface area (Å²) in [7, 11) is -1.71. The van der Waals surface area contributed by atoms with Crippen LogP contribution in [0.5, 0.6) is 5.75 Å². The average Bonchev–Trinajstić information content (AvgIpc) is 2.93. The molecule has 1 aromatic carbocycles. The molecule has 1 aromatic heterocycles. The number of methoxy groups -OCH3 is 1. The highest BCUT2D eigenvalue weighted by molar-refractivity contribution is 7.94. The quantitative estimate of drug-likeness (QED) is 0.849. The lowest BCUT2D eigenvalue weighted by Crippen LogP contribution is -2.38. The summed E-state index contributed by atoms with van der Waals surface area (Å²) >= 11 is 0. The van der Waals surface area contributed by atoms with Crippen molar-refractivity contribution in [2.45, 2.75) is 6.04 Å². The van der Waals surface area contributed by atoms with Crippen molar-refractivity contribution in [2.75, 3.05) is 12.9 Å². The Hall–Kier alpha value is -2.87. The van der Waals surface area contributed by atoms with Crippen molar-refractivity contribution in [3.8, 4) is 17.0 Å². The number of pyridine rings is 1. The molecule has 130 valence electrons. The number of hydrogen-bond donors (Lipinski definition) is 2. The molecule has 0 saturated heterocycles. The zero-order valence-corrected chi connectivity index (χ0v) is 14.2. The van der Waals surface area contributed by atoms with Crippen LogP contribution in [-0.2, 0) is 9.84 Å². The van der Waals surface area contributed by atoms with E-state index in [0.29, 0.717) is 11.4 Å². The number of amides is 1. The van der Waals surface area contributed by atoms with Gasteiger partial charge in [-0.25, -0.2) is 8.42 Å². The van der Waals surface area contributed by atoms with E-state index in [-0.39, 0.29) is 11.3 Å². The third-order valence-corrected chi connectivity index (χ3v) is 5.20. The zero-order chi connectivity index (χ0) is 18.0. The summed E-state index contributed by atoms with van der Waals surface area (Å²) in [6.07, 6.45) is 1.40. The maximum atomic E-state index is 12.2. The minimum absolute atomic E-state index is 0.0741. The van der Waals surface area contributed by atoms with Crippen molar-refractivity contribution in [1.29, 1.82) is 0 Å². The Balaban J connectivity index is 1.78. The minimum Gasteiger partial charge on any atom is -0.497 e. The molecule has 0 fully saturated rings. The number of benzene rings is 1. The first kappa shape index (κ1) is 17.0. The maximum Gasteiger partial charge on any atom is 0.261 e. The molecule has 0 aliphatic carbocycles. The molecule has 2 aromatic rings. The first-order valence-electron chi connectivity index (χ1n) is 7.47. The van der Waals surface area contributed by atoms with Crippen LogP contribution >= 0.6 is 0 Å². The number of carbonyl (C=O) groups is 1. The van der Waals surface area contributed by atoms with Gasteiger partial charge in [0.2, 0.25) is 0 Å². The number of ether oxygens (including phenoxy) is 1. The van der Waals surface area contributed by atoms with E-state index < -0.39 is 27.3 Å². The largest absolute Gasteiger partial charge is 0.497 e. The Bertz CT molecular complexity index is 990. The number of aromatic nitrogens is 1. The maximum absolute atomic E-state index is 12.2. The molecule has 0 radical (unpaired) electrons. The highest BCUT2D eigenvalue weighted by atomic mass is 32.2. The average molecular weight is 360 g/mol. The van der Waals surface area contributed by atoms with Crippen LogP contribution in [0, 0.1) is 0 Å². The van der Waals surface area contributed by atoms with Gasteiger partial charge in [-0.3, -0.25) is 9.59 Å². The van der Waals surface area contributed by atoms with Gasteiger partial charge in [0.05, 0.1) is 18.9 Å². The number of aromatic amines is 1. The van der Waals surface area contributed by atoms with Gasteiger partial charge in [-0.05, 0) is 48.0 Å². The molecule has 0 saturated carbocycles.